The number of carbonyl (C=O) groups is 1. The van der Waals surface area contributed by atoms with Gasteiger partial charge in [0.1, 0.15) is 18.0 Å². The summed E-state index contributed by atoms with van der Waals surface area (Å²) in [5.41, 5.74) is 0.157. The topological polar surface area (TPSA) is 105 Å². The van der Waals surface area contributed by atoms with Gasteiger partial charge in [-0.2, -0.15) is 12.7 Å². The van der Waals surface area contributed by atoms with Crippen LogP contribution in [0, 0.1) is 0 Å². The molecule has 0 spiro atoms. The number of nitrogens with zero attached hydrogens (tertiary/aromatic N) is 1. The standard InChI is InChI=1S/C11H16N2O6S/c1-13(7-11(14)15)20(16,17)12-9-6-8(18-2)4-5-10(9)19-3/h4-6,12H,7H2,1-3H3,(H,14,15). The van der Waals surface area contributed by atoms with E-state index in [1.165, 1.54) is 26.4 Å². The first-order chi connectivity index (χ1) is 9.30. The quantitative estimate of drug-likeness (QED) is 0.754. The van der Waals surface area contributed by atoms with Crippen molar-refractivity contribution < 1.29 is 27.8 Å². The highest BCUT2D eigenvalue weighted by Crippen LogP contribution is 2.29. The Morgan fingerprint density at radius 3 is 2.50 bits per heavy atom. The molecule has 1 aromatic rings. The smallest absolute Gasteiger partial charge is 0.318 e. The molecule has 2 N–H and O–H groups in total. The fourth-order valence-corrected chi connectivity index (χ4v) is 2.26. The van der Waals surface area contributed by atoms with E-state index in [0.717, 1.165) is 7.05 Å². The summed E-state index contributed by atoms with van der Waals surface area (Å²) in [6.07, 6.45) is 0. The van der Waals surface area contributed by atoms with E-state index in [1.54, 1.807) is 6.07 Å². The molecule has 0 aromatic heterocycles. The molecule has 0 aliphatic rings. The van der Waals surface area contributed by atoms with Gasteiger partial charge in [-0.3, -0.25) is 9.52 Å². The fourth-order valence-electron chi connectivity index (χ4n) is 1.39. The number of nitrogens with one attached hydrogen (secondary N) is 1. The Hall–Kier alpha value is -2.00. The monoisotopic (exact) mass is 304 g/mol. The summed E-state index contributed by atoms with van der Waals surface area (Å²) in [4.78, 5) is 10.6. The third-order valence-corrected chi connectivity index (χ3v) is 3.84. The molecule has 0 saturated heterocycles. The molecular weight excluding hydrogens is 288 g/mol. The maximum Gasteiger partial charge on any atom is 0.318 e. The number of carboxylic acid groups (broad SMARTS) is 1. The molecule has 112 valence electrons. The first-order valence-electron chi connectivity index (χ1n) is 5.48. The van der Waals surface area contributed by atoms with Gasteiger partial charge in [0.05, 0.1) is 19.9 Å². The molecule has 1 aromatic carbocycles. The first-order valence-corrected chi connectivity index (χ1v) is 6.92. The number of carboxylic acids is 1. The molecule has 0 unspecified atom stereocenters. The molecule has 0 aliphatic heterocycles. The number of likely N-dealkylation sites (N-methyl/N-ethyl adjacent to an activating group) is 1. The minimum Gasteiger partial charge on any atom is -0.497 e. The van der Waals surface area contributed by atoms with E-state index in [9.17, 15) is 13.2 Å². The minimum absolute atomic E-state index is 0.157. The van der Waals surface area contributed by atoms with Crippen molar-refractivity contribution >= 4 is 21.9 Å². The van der Waals surface area contributed by atoms with Gasteiger partial charge in [-0.15, -0.1) is 0 Å². The molecule has 0 radical (unpaired) electrons. The Balaban J connectivity index is 3.04. The summed E-state index contributed by atoms with van der Waals surface area (Å²) in [5, 5.41) is 8.62. The Morgan fingerprint density at radius 1 is 1.35 bits per heavy atom. The number of hydrogen-bond acceptors (Lipinski definition) is 5. The summed E-state index contributed by atoms with van der Waals surface area (Å²) in [7, 11) is -0.0126. The van der Waals surface area contributed by atoms with Crippen LogP contribution in [0.5, 0.6) is 11.5 Å². The number of rotatable bonds is 7. The number of hydrogen-bond donors (Lipinski definition) is 2. The van der Waals surface area contributed by atoms with Gasteiger partial charge in [-0.1, -0.05) is 0 Å². The lowest BCUT2D eigenvalue weighted by Crippen LogP contribution is -2.36. The van der Waals surface area contributed by atoms with Crippen molar-refractivity contribution in [3.63, 3.8) is 0 Å². The van der Waals surface area contributed by atoms with Crippen molar-refractivity contribution in [2.24, 2.45) is 0 Å². The molecule has 0 amide bonds. The highest BCUT2D eigenvalue weighted by atomic mass is 32.2. The third kappa shape index (κ3) is 4.00. The summed E-state index contributed by atoms with van der Waals surface area (Å²) in [6.45, 7) is -0.651. The molecule has 0 atom stereocenters. The van der Waals surface area contributed by atoms with Crippen LogP contribution in [0.15, 0.2) is 18.2 Å². The van der Waals surface area contributed by atoms with E-state index in [1.807, 2.05) is 0 Å². The average Bonchev–Trinajstić information content (AvgIpc) is 2.37. The lowest BCUT2D eigenvalue weighted by Gasteiger charge is -2.18. The zero-order valence-corrected chi connectivity index (χ0v) is 12.1. The van der Waals surface area contributed by atoms with Crippen molar-refractivity contribution in [3.8, 4) is 11.5 Å². The normalized spacial score (nSPS) is 11.2. The largest absolute Gasteiger partial charge is 0.497 e. The highest BCUT2D eigenvalue weighted by molar-refractivity contribution is 7.90. The first kappa shape index (κ1) is 16.1. The van der Waals surface area contributed by atoms with E-state index >= 15 is 0 Å². The Labute approximate surface area is 117 Å². The highest BCUT2D eigenvalue weighted by Gasteiger charge is 2.21. The molecule has 0 heterocycles. The molecule has 0 fully saturated rings. The van der Waals surface area contributed by atoms with Crippen LogP contribution in [0.25, 0.3) is 0 Å². The van der Waals surface area contributed by atoms with Crippen LogP contribution in [0.1, 0.15) is 0 Å². The number of methoxy groups -OCH3 is 2. The Bertz CT molecular complexity index is 587. The van der Waals surface area contributed by atoms with E-state index < -0.39 is 22.7 Å². The number of benzene rings is 1. The van der Waals surface area contributed by atoms with Crippen LogP contribution >= 0.6 is 0 Å². The van der Waals surface area contributed by atoms with Gasteiger partial charge >= 0.3 is 16.2 Å². The van der Waals surface area contributed by atoms with E-state index in [2.05, 4.69) is 4.72 Å². The SMILES string of the molecule is COc1ccc(OC)c(NS(=O)(=O)N(C)CC(=O)O)c1. The van der Waals surface area contributed by atoms with Crippen molar-refractivity contribution in [2.45, 2.75) is 0 Å². The molecule has 9 heteroatoms. The molecular formula is C11H16N2O6S. The molecule has 0 saturated carbocycles. The number of anilines is 1. The Morgan fingerprint density at radius 2 is 2.00 bits per heavy atom. The van der Waals surface area contributed by atoms with Gasteiger partial charge in [-0.05, 0) is 12.1 Å². The van der Waals surface area contributed by atoms with Gasteiger partial charge < -0.3 is 14.6 Å². The van der Waals surface area contributed by atoms with Crippen LogP contribution in [0.2, 0.25) is 0 Å². The summed E-state index contributed by atoms with van der Waals surface area (Å²) < 4.78 is 36.9. The van der Waals surface area contributed by atoms with Gasteiger partial charge in [0.15, 0.2) is 0 Å². The van der Waals surface area contributed by atoms with Crippen LogP contribution in [0.4, 0.5) is 5.69 Å². The minimum atomic E-state index is -4.00. The van der Waals surface area contributed by atoms with Crippen LogP contribution in [0.3, 0.4) is 0 Å². The van der Waals surface area contributed by atoms with Crippen LogP contribution in [-0.2, 0) is 15.0 Å². The van der Waals surface area contributed by atoms with Gasteiger partial charge in [-0.25, -0.2) is 0 Å². The van der Waals surface area contributed by atoms with E-state index in [-0.39, 0.29) is 11.4 Å². The Kier molecular flexibility index (Phi) is 5.17. The summed E-state index contributed by atoms with van der Waals surface area (Å²) in [5.74, 6) is -0.530. The number of ether oxygens (including phenoxy) is 2. The van der Waals surface area contributed by atoms with Crippen molar-refractivity contribution in [3.05, 3.63) is 18.2 Å². The van der Waals surface area contributed by atoms with Crippen molar-refractivity contribution in [2.75, 3.05) is 32.5 Å². The van der Waals surface area contributed by atoms with Crippen molar-refractivity contribution in [1.29, 1.82) is 0 Å². The molecule has 1 rings (SSSR count). The van der Waals surface area contributed by atoms with E-state index in [4.69, 9.17) is 14.6 Å². The maximum atomic E-state index is 12.0. The average molecular weight is 304 g/mol. The van der Waals surface area contributed by atoms with Crippen LogP contribution < -0.4 is 14.2 Å². The lowest BCUT2D eigenvalue weighted by atomic mass is 10.3. The second-order valence-electron chi connectivity index (χ2n) is 3.82. The summed E-state index contributed by atoms with van der Waals surface area (Å²) in [6, 6.07) is 4.58. The predicted octanol–water partition coefficient (Wildman–Crippen LogP) is 0.377. The maximum absolute atomic E-state index is 12.0. The van der Waals surface area contributed by atoms with Crippen LogP contribution in [-0.4, -0.2) is 51.6 Å². The lowest BCUT2D eigenvalue weighted by molar-refractivity contribution is -0.137. The molecule has 0 bridgehead atoms. The second-order valence-corrected chi connectivity index (χ2v) is 5.60. The van der Waals surface area contributed by atoms with E-state index in [0.29, 0.717) is 10.1 Å². The second kappa shape index (κ2) is 6.44. The van der Waals surface area contributed by atoms with Gasteiger partial charge in [0.2, 0.25) is 0 Å². The number of aliphatic carboxylic acids is 1. The molecule has 20 heavy (non-hydrogen) atoms. The zero-order valence-electron chi connectivity index (χ0n) is 11.3. The zero-order chi connectivity index (χ0) is 15.3. The van der Waals surface area contributed by atoms with Gasteiger partial charge in [0, 0.05) is 13.1 Å². The van der Waals surface area contributed by atoms with Gasteiger partial charge in [0.25, 0.3) is 0 Å². The predicted molar refractivity (Wildman–Crippen MR) is 72.4 cm³/mol. The third-order valence-electron chi connectivity index (χ3n) is 2.41. The summed E-state index contributed by atoms with van der Waals surface area (Å²) >= 11 is 0. The molecule has 8 nitrogen and oxygen atoms in total. The molecule has 0 aliphatic carbocycles. The van der Waals surface area contributed by atoms with Crippen molar-refractivity contribution in [1.82, 2.24) is 4.31 Å². The fraction of sp³-hybridized carbons (Fsp3) is 0.364.